The fourth-order valence-electron chi connectivity index (χ4n) is 2.33. The molecule has 0 spiro atoms. The smallest absolute Gasteiger partial charge is 0.229 e. The fourth-order valence-corrected chi connectivity index (χ4v) is 3.53. The van der Waals surface area contributed by atoms with E-state index in [9.17, 15) is 8.42 Å². The average molecular weight is 411 g/mol. The zero-order chi connectivity index (χ0) is 17.3. The van der Waals surface area contributed by atoms with E-state index < -0.39 is 10.0 Å². The van der Waals surface area contributed by atoms with E-state index in [1.165, 1.54) is 6.33 Å². The number of halogens is 1. The standard InChI is InChI=1S/C14H15BrN6O2S/c1-21-14-11(12(15)19-21)13(17-8-18-14)16-7-9-5-3-4-6-10(9)20-24(2,22)23/h3-6,8,20H,7H2,1-2H3,(H,16,17,18). The lowest BCUT2D eigenvalue weighted by molar-refractivity contribution is 0.606. The molecule has 0 bridgehead atoms. The van der Waals surface area contributed by atoms with Crippen LogP contribution in [0, 0.1) is 0 Å². The van der Waals surface area contributed by atoms with Gasteiger partial charge in [-0.1, -0.05) is 18.2 Å². The molecule has 0 saturated carbocycles. The highest BCUT2D eigenvalue weighted by molar-refractivity contribution is 9.10. The number of benzene rings is 1. The lowest BCUT2D eigenvalue weighted by Gasteiger charge is -2.12. The van der Waals surface area contributed by atoms with Crippen molar-refractivity contribution >= 4 is 48.5 Å². The van der Waals surface area contributed by atoms with Gasteiger partial charge in [0.05, 0.1) is 17.3 Å². The van der Waals surface area contributed by atoms with E-state index in [1.54, 1.807) is 23.9 Å². The first-order valence-electron chi connectivity index (χ1n) is 6.98. The van der Waals surface area contributed by atoms with Crippen LogP contribution in [0.25, 0.3) is 11.0 Å². The first-order valence-corrected chi connectivity index (χ1v) is 9.66. The van der Waals surface area contributed by atoms with Crippen molar-refractivity contribution in [1.29, 1.82) is 0 Å². The van der Waals surface area contributed by atoms with Gasteiger partial charge in [0.25, 0.3) is 0 Å². The number of hydrogen-bond donors (Lipinski definition) is 2. The largest absolute Gasteiger partial charge is 0.365 e. The number of sulfonamides is 1. The molecule has 0 saturated heterocycles. The number of aryl methyl sites for hydroxylation is 1. The van der Waals surface area contributed by atoms with Gasteiger partial charge in [-0.15, -0.1) is 0 Å². The molecule has 3 rings (SSSR count). The van der Waals surface area contributed by atoms with Crippen LogP contribution >= 0.6 is 15.9 Å². The minimum absolute atomic E-state index is 0.395. The molecule has 24 heavy (non-hydrogen) atoms. The third-order valence-corrected chi connectivity index (χ3v) is 4.48. The summed E-state index contributed by atoms with van der Waals surface area (Å²) in [5, 5.41) is 8.26. The molecule has 3 aromatic rings. The Bertz CT molecular complexity index is 1000. The second-order valence-electron chi connectivity index (χ2n) is 5.22. The van der Waals surface area contributed by atoms with Crippen LogP contribution < -0.4 is 10.0 Å². The highest BCUT2D eigenvalue weighted by atomic mass is 79.9. The maximum atomic E-state index is 11.5. The van der Waals surface area contributed by atoms with Crippen molar-refractivity contribution in [2.24, 2.45) is 7.05 Å². The lowest BCUT2D eigenvalue weighted by Crippen LogP contribution is -2.12. The Morgan fingerprint density at radius 3 is 2.75 bits per heavy atom. The summed E-state index contributed by atoms with van der Waals surface area (Å²) in [5.41, 5.74) is 2.03. The molecule has 2 aromatic heterocycles. The number of nitrogens with zero attached hydrogens (tertiary/aromatic N) is 4. The van der Waals surface area contributed by atoms with Crippen molar-refractivity contribution in [1.82, 2.24) is 19.7 Å². The van der Waals surface area contributed by atoms with Crippen LogP contribution in [0.2, 0.25) is 0 Å². The van der Waals surface area contributed by atoms with E-state index in [-0.39, 0.29) is 0 Å². The van der Waals surface area contributed by atoms with Gasteiger partial charge in [-0.25, -0.2) is 23.1 Å². The summed E-state index contributed by atoms with van der Waals surface area (Å²) in [6.45, 7) is 0.395. The van der Waals surface area contributed by atoms with Crippen molar-refractivity contribution in [3.8, 4) is 0 Å². The normalized spacial score (nSPS) is 11.6. The molecule has 0 aliphatic carbocycles. The highest BCUT2D eigenvalue weighted by Crippen LogP contribution is 2.27. The van der Waals surface area contributed by atoms with Gasteiger partial charge < -0.3 is 5.32 Å². The zero-order valence-electron chi connectivity index (χ0n) is 13.0. The molecule has 0 amide bonds. The molecule has 0 atom stereocenters. The van der Waals surface area contributed by atoms with Gasteiger partial charge in [0.2, 0.25) is 10.0 Å². The molecule has 0 radical (unpaired) electrons. The van der Waals surface area contributed by atoms with Gasteiger partial charge in [0.15, 0.2) is 5.65 Å². The molecule has 0 aliphatic rings. The SMILES string of the molecule is Cn1nc(Br)c2c(NCc3ccccc3NS(C)(=O)=O)ncnc21. The number of nitrogens with one attached hydrogen (secondary N) is 2. The van der Waals surface area contributed by atoms with Crippen molar-refractivity contribution in [2.75, 3.05) is 16.3 Å². The van der Waals surface area contributed by atoms with Crippen molar-refractivity contribution in [3.05, 3.63) is 40.8 Å². The monoisotopic (exact) mass is 410 g/mol. The third kappa shape index (κ3) is 3.49. The Kier molecular flexibility index (Phi) is 4.41. The minimum atomic E-state index is -3.34. The average Bonchev–Trinajstić information content (AvgIpc) is 2.80. The Morgan fingerprint density at radius 1 is 1.25 bits per heavy atom. The van der Waals surface area contributed by atoms with Gasteiger partial charge in [-0.2, -0.15) is 5.10 Å². The van der Waals surface area contributed by atoms with E-state index >= 15 is 0 Å². The summed E-state index contributed by atoms with van der Waals surface area (Å²) in [6.07, 6.45) is 2.58. The van der Waals surface area contributed by atoms with Crippen LogP contribution in [0.1, 0.15) is 5.56 Å². The quantitative estimate of drug-likeness (QED) is 0.667. The van der Waals surface area contributed by atoms with Crippen LogP contribution in [0.5, 0.6) is 0 Å². The topological polar surface area (TPSA) is 102 Å². The van der Waals surface area contributed by atoms with Gasteiger partial charge in [0, 0.05) is 13.6 Å². The molecule has 10 heteroatoms. The molecule has 0 fully saturated rings. The van der Waals surface area contributed by atoms with E-state index in [2.05, 4.69) is 41.0 Å². The summed E-state index contributed by atoms with van der Waals surface area (Å²) < 4.78 is 27.8. The fraction of sp³-hybridized carbons (Fsp3) is 0.214. The molecule has 2 heterocycles. The van der Waals surface area contributed by atoms with E-state index in [1.807, 2.05) is 12.1 Å². The number of anilines is 2. The Labute approximate surface area is 147 Å². The van der Waals surface area contributed by atoms with Gasteiger partial charge in [0.1, 0.15) is 16.7 Å². The van der Waals surface area contributed by atoms with Gasteiger partial charge in [-0.3, -0.25) is 4.72 Å². The number of fused-ring (bicyclic) bond motifs is 1. The van der Waals surface area contributed by atoms with Crippen molar-refractivity contribution in [3.63, 3.8) is 0 Å². The third-order valence-electron chi connectivity index (χ3n) is 3.34. The zero-order valence-corrected chi connectivity index (χ0v) is 15.4. The van der Waals surface area contributed by atoms with Crippen LogP contribution in [0.4, 0.5) is 11.5 Å². The first kappa shape index (κ1) is 16.7. The number of aromatic nitrogens is 4. The minimum Gasteiger partial charge on any atom is -0.365 e. The molecule has 1 aromatic carbocycles. The Balaban J connectivity index is 1.90. The summed E-state index contributed by atoms with van der Waals surface area (Å²) >= 11 is 3.41. The molecule has 0 aliphatic heterocycles. The lowest BCUT2D eigenvalue weighted by atomic mass is 10.2. The summed E-state index contributed by atoms with van der Waals surface area (Å²) in [7, 11) is -1.54. The molecule has 2 N–H and O–H groups in total. The van der Waals surface area contributed by atoms with E-state index in [0.29, 0.717) is 28.3 Å². The van der Waals surface area contributed by atoms with Gasteiger partial charge >= 0.3 is 0 Å². The van der Waals surface area contributed by atoms with E-state index in [0.717, 1.165) is 17.2 Å². The maximum absolute atomic E-state index is 11.5. The predicted octanol–water partition coefficient (Wildman–Crippen LogP) is 2.11. The number of hydrogen-bond acceptors (Lipinski definition) is 6. The molecular weight excluding hydrogens is 396 g/mol. The van der Waals surface area contributed by atoms with Gasteiger partial charge in [-0.05, 0) is 27.6 Å². The first-order chi connectivity index (χ1) is 11.3. The van der Waals surface area contributed by atoms with Crippen molar-refractivity contribution < 1.29 is 8.42 Å². The number of para-hydroxylation sites is 1. The summed E-state index contributed by atoms with van der Waals surface area (Å²) in [4.78, 5) is 8.47. The molecular formula is C14H15BrN6O2S. The Morgan fingerprint density at radius 2 is 2.00 bits per heavy atom. The number of rotatable bonds is 5. The Hall–Kier alpha value is -2.20. The van der Waals surface area contributed by atoms with Crippen LogP contribution in [0.15, 0.2) is 35.2 Å². The van der Waals surface area contributed by atoms with Crippen molar-refractivity contribution in [2.45, 2.75) is 6.54 Å². The predicted molar refractivity (Wildman–Crippen MR) is 96.2 cm³/mol. The van der Waals surface area contributed by atoms with E-state index in [4.69, 9.17) is 0 Å². The molecule has 126 valence electrons. The van der Waals surface area contributed by atoms with Crippen LogP contribution in [-0.4, -0.2) is 34.4 Å². The second-order valence-corrected chi connectivity index (χ2v) is 7.72. The summed E-state index contributed by atoms with van der Waals surface area (Å²) in [6, 6.07) is 7.18. The molecule has 8 nitrogen and oxygen atoms in total. The maximum Gasteiger partial charge on any atom is 0.229 e. The highest BCUT2D eigenvalue weighted by Gasteiger charge is 2.14. The molecule has 0 unspecified atom stereocenters. The second kappa shape index (κ2) is 6.36. The summed E-state index contributed by atoms with van der Waals surface area (Å²) in [5.74, 6) is 0.620. The van der Waals surface area contributed by atoms with Crippen LogP contribution in [0.3, 0.4) is 0 Å². The van der Waals surface area contributed by atoms with Crippen LogP contribution in [-0.2, 0) is 23.6 Å².